The Bertz CT molecular complexity index is 682. The van der Waals surface area contributed by atoms with Crippen molar-refractivity contribution in [3.05, 3.63) is 32.7 Å². The molecule has 0 aromatic carbocycles. The number of ether oxygens (including phenoxy) is 1. The van der Waals surface area contributed by atoms with Gasteiger partial charge in [-0.15, -0.1) is 0 Å². The highest BCUT2D eigenvalue weighted by atomic mass is 16.5. The van der Waals surface area contributed by atoms with Crippen LogP contribution < -0.4 is 10.9 Å². The number of carbonyl (C=O) groups is 1. The molecule has 1 aliphatic heterocycles. The predicted octanol–water partition coefficient (Wildman–Crippen LogP) is 1.48. The molecule has 2 atom stereocenters. The molecule has 0 unspecified atom stereocenters. The first-order chi connectivity index (χ1) is 10.9. The van der Waals surface area contributed by atoms with Gasteiger partial charge in [-0.25, -0.2) is 0 Å². The van der Waals surface area contributed by atoms with E-state index in [0.717, 1.165) is 25.0 Å². The molecule has 124 valence electrons. The monoisotopic (exact) mass is 317 g/mol. The topological polar surface area (TPSA) is 95.0 Å². The number of aryl methyl sites for hydroxylation is 1. The quantitative estimate of drug-likeness (QED) is 0.860. The smallest absolute Gasteiger partial charge is 0.266 e. The summed E-state index contributed by atoms with van der Waals surface area (Å²) in [5, 5.41) is 12.0. The van der Waals surface area contributed by atoms with Gasteiger partial charge in [-0.2, -0.15) is 5.26 Å². The molecule has 2 rings (SSSR count). The maximum Gasteiger partial charge on any atom is 0.266 e. The molecule has 0 radical (unpaired) electrons. The van der Waals surface area contributed by atoms with E-state index in [-0.39, 0.29) is 29.2 Å². The lowest BCUT2D eigenvalue weighted by Gasteiger charge is -2.20. The molecule has 2 heterocycles. The van der Waals surface area contributed by atoms with E-state index in [4.69, 9.17) is 10.00 Å². The summed E-state index contributed by atoms with van der Waals surface area (Å²) < 4.78 is 5.57. The second-order valence-corrected chi connectivity index (χ2v) is 6.08. The maximum absolute atomic E-state index is 12.1. The van der Waals surface area contributed by atoms with Crippen molar-refractivity contribution >= 4 is 5.91 Å². The molecule has 1 aromatic heterocycles. The summed E-state index contributed by atoms with van der Waals surface area (Å²) in [5.41, 5.74) is 1.99. The van der Waals surface area contributed by atoms with Gasteiger partial charge in [0.15, 0.2) is 0 Å². The average Bonchev–Trinajstić information content (AvgIpc) is 3.01. The third-order valence-corrected chi connectivity index (χ3v) is 4.43. The summed E-state index contributed by atoms with van der Waals surface area (Å²) >= 11 is 0. The standard InChI is InChI=1S/C17H23N3O3/c1-10-13(11(2)20-17(22)14(10)9-18)6-7-16(21)19-12(3)15-5-4-8-23-15/h12,15H,4-8H2,1-3H3,(H,19,21)(H,20,22)/t12-,15-/m1/s1. The van der Waals surface area contributed by atoms with Gasteiger partial charge >= 0.3 is 0 Å². The highest BCUT2D eigenvalue weighted by Crippen LogP contribution is 2.17. The highest BCUT2D eigenvalue weighted by Gasteiger charge is 2.23. The van der Waals surface area contributed by atoms with Gasteiger partial charge in [0.1, 0.15) is 11.6 Å². The van der Waals surface area contributed by atoms with Crippen molar-refractivity contribution in [3.63, 3.8) is 0 Å². The van der Waals surface area contributed by atoms with E-state index in [2.05, 4.69) is 10.3 Å². The first-order valence-electron chi connectivity index (χ1n) is 7.97. The summed E-state index contributed by atoms with van der Waals surface area (Å²) in [6, 6.07) is 1.92. The Labute approximate surface area is 135 Å². The second-order valence-electron chi connectivity index (χ2n) is 6.08. The molecular weight excluding hydrogens is 294 g/mol. The molecule has 1 saturated heterocycles. The normalized spacial score (nSPS) is 18.4. The number of carbonyl (C=O) groups excluding carboxylic acids is 1. The van der Waals surface area contributed by atoms with E-state index in [1.165, 1.54) is 0 Å². The number of nitriles is 1. The number of amides is 1. The molecule has 1 aromatic rings. The first-order valence-corrected chi connectivity index (χ1v) is 7.97. The minimum atomic E-state index is -0.372. The molecule has 1 fully saturated rings. The molecule has 2 N–H and O–H groups in total. The van der Waals surface area contributed by atoms with Crippen molar-refractivity contribution in [2.75, 3.05) is 6.61 Å². The van der Waals surface area contributed by atoms with Crippen LogP contribution in [0.5, 0.6) is 0 Å². The van der Waals surface area contributed by atoms with Crippen LogP contribution in [0.2, 0.25) is 0 Å². The molecule has 1 aliphatic rings. The fourth-order valence-corrected chi connectivity index (χ4v) is 3.07. The lowest BCUT2D eigenvalue weighted by molar-refractivity contribution is -0.122. The van der Waals surface area contributed by atoms with Crippen LogP contribution in [0.15, 0.2) is 4.79 Å². The zero-order chi connectivity index (χ0) is 17.0. The fourth-order valence-electron chi connectivity index (χ4n) is 3.07. The summed E-state index contributed by atoms with van der Waals surface area (Å²) in [6.07, 6.45) is 2.92. The van der Waals surface area contributed by atoms with Crippen LogP contribution >= 0.6 is 0 Å². The van der Waals surface area contributed by atoms with E-state index in [1.807, 2.05) is 13.0 Å². The number of pyridine rings is 1. The number of H-pyrrole nitrogens is 1. The van der Waals surface area contributed by atoms with Crippen molar-refractivity contribution in [1.82, 2.24) is 10.3 Å². The number of hydrogen-bond donors (Lipinski definition) is 2. The molecule has 23 heavy (non-hydrogen) atoms. The highest BCUT2D eigenvalue weighted by molar-refractivity contribution is 5.76. The minimum absolute atomic E-state index is 0.00237. The molecule has 6 nitrogen and oxygen atoms in total. The number of aromatic amines is 1. The third kappa shape index (κ3) is 3.99. The predicted molar refractivity (Wildman–Crippen MR) is 86.2 cm³/mol. The van der Waals surface area contributed by atoms with Gasteiger partial charge in [-0.05, 0) is 51.2 Å². The van der Waals surface area contributed by atoms with Crippen molar-refractivity contribution in [2.45, 2.75) is 58.6 Å². The maximum atomic E-state index is 12.1. The molecule has 6 heteroatoms. The Morgan fingerprint density at radius 2 is 2.26 bits per heavy atom. The Hall–Kier alpha value is -2.13. The summed E-state index contributed by atoms with van der Waals surface area (Å²) in [7, 11) is 0. The molecule has 0 bridgehead atoms. The lowest BCUT2D eigenvalue weighted by atomic mass is 9.99. The van der Waals surface area contributed by atoms with Crippen LogP contribution in [0.25, 0.3) is 0 Å². The van der Waals surface area contributed by atoms with Crippen molar-refractivity contribution in [2.24, 2.45) is 0 Å². The Morgan fingerprint density at radius 3 is 2.87 bits per heavy atom. The third-order valence-electron chi connectivity index (χ3n) is 4.43. The van der Waals surface area contributed by atoms with Crippen LogP contribution in [0.1, 0.15) is 48.6 Å². The van der Waals surface area contributed by atoms with E-state index in [1.54, 1.807) is 13.8 Å². The minimum Gasteiger partial charge on any atom is -0.376 e. The van der Waals surface area contributed by atoms with Crippen LogP contribution in [-0.4, -0.2) is 29.6 Å². The van der Waals surface area contributed by atoms with Gasteiger partial charge in [-0.3, -0.25) is 9.59 Å². The van der Waals surface area contributed by atoms with Gasteiger partial charge in [0.05, 0.1) is 12.1 Å². The number of nitrogens with one attached hydrogen (secondary N) is 2. The Morgan fingerprint density at radius 1 is 1.52 bits per heavy atom. The van der Waals surface area contributed by atoms with Gasteiger partial charge in [0.25, 0.3) is 5.56 Å². The van der Waals surface area contributed by atoms with E-state index in [9.17, 15) is 9.59 Å². The molecule has 0 spiro atoms. The lowest BCUT2D eigenvalue weighted by Crippen LogP contribution is -2.40. The number of rotatable bonds is 5. The molecule has 1 amide bonds. The van der Waals surface area contributed by atoms with Crippen LogP contribution in [0, 0.1) is 25.2 Å². The van der Waals surface area contributed by atoms with Gasteiger partial charge in [0, 0.05) is 18.7 Å². The SMILES string of the molecule is Cc1[nH]c(=O)c(C#N)c(C)c1CCC(=O)N[C@H](C)[C@H]1CCCO1. The zero-order valence-electron chi connectivity index (χ0n) is 13.9. The van der Waals surface area contributed by atoms with E-state index >= 15 is 0 Å². The van der Waals surface area contributed by atoms with E-state index < -0.39 is 0 Å². The van der Waals surface area contributed by atoms with Crippen molar-refractivity contribution in [3.8, 4) is 6.07 Å². The summed E-state index contributed by atoms with van der Waals surface area (Å²) in [5.74, 6) is -0.0449. The number of hydrogen-bond acceptors (Lipinski definition) is 4. The second kappa shape index (κ2) is 7.42. The number of aromatic nitrogens is 1. The molecular formula is C17H23N3O3. The van der Waals surface area contributed by atoms with Crippen molar-refractivity contribution < 1.29 is 9.53 Å². The van der Waals surface area contributed by atoms with Crippen LogP contribution in [0.3, 0.4) is 0 Å². The summed E-state index contributed by atoms with van der Waals surface area (Å²) in [6.45, 7) is 6.26. The molecule has 0 saturated carbocycles. The van der Waals surface area contributed by atoms with Crippen molar-refractivity contribution in [1.29, 1.82) is 5.26 Å². The van der Waals surface area contributed by atoms with Gasteiger partial charge in [-0.1, -0.05) is 0 Å². The largest absolute Gasteiger partial charge is 0.376 e. The first kappa shape index (κ1) is 17.2. The van der Waals surface area contributed by atoms with E-state index in [0.29, 0.717) is 24.1 Å². The van der Waals surface area contributed by atoms with Crippen LogP contribution in [0.4, 0.5) is 0 Å². The Balaban J connectivity index is 1.99. The zero-order valence-corrected chi connectivity index (χ0v) is 13.9. The van der Waals surface area contributed by atoms with Crippen LogP contribution in [-0.2, 0) is 16.0 Å². The average molecular weight is 317 g/mol. The molecule has 0 aliphatic carbocycles. The summed E-state index contributed by atoms with van der Waals surface area (Å²) in [4.78, 5) is 26.5. The van der Waals surface area contributed by atoms with Gasteiger partial charge < -0.3 is 15.0 Å². The fraction of sp³-hybridized carbons (Fsp3) is 0.588. The number of nitrogens with zero attached hydrogens (tertiary/aromatic N) is 1. The Kier molecular flexibility index (Phi) is 5.56. The van der Waals surface area contributed by atoms with Gasteiger partial charge in [0.2, 0.25) is 5.91 Å².